The van der Waals surface area contributed by atoms with Crippen LogP contribution in [0.2, 0.25) is 0 Å². The van der Waals surface area contributed by atoms with Crippen molar-refractivity contribution in [3.63, 3.8) is 0 Å². The van der Waals surface area contributed by atoms with Crippen molar-refractivity contribution in [3.8, 4) is 0 Å². The van der Waals surface area contributed by atoms with E-state index in [4.69, 9.17) is 0 Å². The summed E-state index contributed by atoms with van der Waals surface area (Å²) in [5.41, 5.74) is 5.51. The highest BCUT2D eigenvalue weighted by Gasteiger charge is 2.19. The lowest BCUT2D eigenvalue weighted by Crippen LogP contribution is -2.33. The molecule has 2 aliphatic rings. The number of rotatable bonds is 7. The third-order valence-corrected chi connectivity index (χ3v) is 7.29. The quantitative estimate of drug-likeness (QED) is 0.477. The summed E-state index contributed by atoms with van der Waals surface area (Å²) in [5, 5.41) is 3.03. The lowest BCUT2D eigenvalue weighted by Gasteiger charge is -2.32. The number of nitrogens with zero attached hydrogens (tertiary/aromatic N) is 2. The molecule has 34 heavy (non-hydrogen) atoms. The number of hydrogen-bond donors (Lipinski definition) is 1. The van der Waals surface area contributed by atoms with Crippen LogP contribution in [0.3, 0.4) is 0 Å². The van der Waals surface area contributed by atoms with Crippen LogP contribution in [0.1, 0.15) is 47.2 Å². The van der Waals surface area contributed by atoms with Gasteiger partial charge in [0, 0.05) is 36.6 Å². The number of nitrogens with one attached hydrogen (secondary N) is 1. The molecule has 5 rings (SSSR count). The summed E-state index contributed by atoms with van der Waals surface area (Å²) in [6, 6.07) is 27.2. The van der Waals surface area contributed by atoms with E-state index in [-0.39, 0.29) is 5.91 Å². The van der Waals surface area contributed by atoms with E-state index in [0.717, 1.165) is 44.3 Å². The molecule has 4 nitrogen and oxygen atoms in total. The minimum atomic E-state index is -0.0535. The van der Waals surface area contributed by atoms with Gasteiger partial charge in [-0.15, -0.1) is 0 Å². The predicted octanol–water partition coefficient (Wildman–Crippen LogP) is 5.99. The number of carbonyl (C=O) groups excluding carboxylic acids is 1. The summed E-state index contributed by atoms with van der Waals surface area (Å²) < 4.78 is 0. The topological polar surface area (TPSA) is 35.6 Å². The fourth-order valence-electron chi connectivity index (χ4n) is 5.25. The summed E-state index contributed by atoms with van der Waals surface area (Å²) in [7, 11) is 0. The van der Waals surface area contributed by atoms with E-state index in [0.29, 0.717) is 5.56 Å². The van der Waals surface area contributed by atoms with Gasteiger partial charge >= 0.3 is 0 Å². The van der Waals surface area contributed by atoms with Gasteiger partial charge in [0.05, 0.1) is 0 Å². The van der Waals surface area contributed by atoms with Crippen LogP contribution in [0, 0.1) is 5.92 Å². The lowest BCUT2D eigenvalue weighted by atomic mass is 9.90. The van der Waals surface area contributed by atoms with E-state index >= 15 is 0 Å². The van der Waals surface area contributed by atoms with E-state index in [1.54, 1.807) is 0 Å². The molecule has 0 saturated carbocycles. The summed E-state index contributed by atoms with van der Waals surface area (Å²) in [5.74, 6) is 0.733. The number of benzene rings is 3. The highest BCUT2D eigenvalue weighted by atomic mass is 16.1. The van der Waals surface area contributed by atoms with Crippen molar-refractivity contribution in [2.24, 2.45) is 5.92 Å². The van der Waals surface area contributed by atoms with E-state index in [1.807, 2.05) is 24.3 Å². The van der Waals surface area contributed by atoms with E-state index in [2.05, 4.69) is 69.7 Å². The first-order chi connectivity index (χ1) is 16.7. The van der Waals surface area contributed by atoms with Crippen LogP contribution < -0.4 is 10.2 Å². The lowest BCUT2D eigenvalue weighted by molar-refractivity contribution is 0.102. The van der Waals surface area contributed by atoms with Crippen LogP contribution in [0.15, 0.2) is 78.9 Å². The highest BCUT2D eigenvalue weighted by molar-refractivity contribution is 6.04. The SMILES string of the molecule is O=C(Nc1ccc(N2CCCC2)cc1)c1ccc(CN2CCC(Cc3ccccc3)CC2)cc1. The van der Waals surface area contributed by atoms with Gasteiger partial charge < -0.3 is 10.2 Å². The minimum Gasteiger partial charge on any atom is -0.372 e. The molecule has 4 heteroatoms. The Balaban J connectivity index is 1.09. The maximum absolute atomic E-state index is 12.7. The van der Waals surface area contributed by atoms with Gasteiger partial charge in [-0.3, -0.25) is 9.69 Å². The van der Waals surface area contributed by atoms with Gasteiger partial charge in [-0.25, -0.2) is 0 Å². The van der Waals surface area contributed by atoms with Crippen LogP contribution in [0.5, 0.6) is 0 Å². The minimum absolute atomic E-state index is 0.0535. The van der Waals surface area contributed by atoms with Crippen molar-refractivity contribution in [2.75, 3.05) is 36.4 Å². The van der Waals surface area contributed by atoms with Crippen LogP contribution >= 0.6 is 0 Å². The standard InChI is InChI=1S/C30H35N3O/c34-30(31-28-12-14-29(15-13-28)33-18-4-5-19-33)27-10-8-26(9-11-27)23-32-20-16-25(17-21-32)22-24-6-2-1-3-7-24/h1-3,6-15,25H,4-5,16-23H2,(H,31,34). The monoisotopic (exact) mass is 453 g/mol. The second-order valence-electron chi connectivity index (χ2n) is 9.80. The average Bonchev–Trinajstić information content (AvgIpc) is 3.42. The van der Waals surface area contributed by atoms with Gasteiger partial charge in [-0.1, -0.05) is 42.5 Å². The maximum Gasteiger partial charge on any atom is 0.255 e. The number of amides is 1. The average molecular weight is 454 g/mol. The number of likely N-dealkylation sites (tertiary alicyclic amines) is 1. The van der Waals surface area contributed by atoms with E-state index in [1.165, 1.54) is 48.9 Å². The van der Waals surface area contributed by atoms with Crippen molar-refractivity contribution in [1.29, 1.82) is 0 Å². The molecule has 0 unspecified atom stereocenters. The van der Waals surface area contributed by atoms with Gasteiger partial charge in [0.25, 0.3) is 5.91 Å². The van der Waals surface area contributed by atoms with Crippen molar-refractivity contribution in [1.82, 2.24) is 4.90 Å². The fraction of sp³-hybridized carbons (Fsp3) is 0.367. The Labute approximate surface area is 203 Å². The molecule has 2 aliphatic heterocycles. The summed E-state index contributed by atoms with van der Waals surface area (Å²) in [6.45, 7) is 5.51. The zero-order chi connectivity index (χ0) is 23.2. The zero-order valence-corrected chi connectivity index (χ0v) is 20.0. The second kappa shape index (κ2) is 10.9. The molecule has 2 saturated heterocycles. The second-order valence-corrected chi connectivity index (χ2v) is 9.80. The maximum atomic E-state index is 12.7. The van der Waals surface area contributed by atoms with Crippen LogP contribution in [-0.2, 0) is 13.0 Å². The first-order valence-corrected chi connectivity index (χ1v) is 12.7. The molecule has 3 aromatic rings. The van der Waals surface area contributed by atoms with Gasteiger partial charge in [-0.2, -0.15) is 0 Å². The molecule has 1 amide bonds. The normalized spacial score (nSPS) is 17.1. The van der Waals surface area contributed by atoms with E-state index < -0.39 is 0 Å². The Hall–Kier alpha value is -3.11. The van der Waals surface area contributed by atoms with Gasteiger partial charge in [0.15, 0.2) is 0 Å². The molecular weight excluding hydrogens is 418 g/mol. The highest BCUT2D eigenvalue weighted by Crippen LogP contribution is 2.24. The Kier molecular flexibility index (Phi) is 7.25. The third-order valence-electron chi connectivity index (χ3n) is 7.29. The van der Waals surface area contributed by atoms with Crippen LogP contribution in [0.25, 0.3) is 0 Å². The summed E-state index contributed by atoms with van der Waals surface area (Å²) in [4.78, 5) is 17.6. The molecule has 0 bridgehead atoms. The zero-order valence-electron chi connectivity index (χ0n) is 20.0. The smallest absolute Gasteiger partial charge is 0.255 e. The molecule has 176 valence electrons. The third kappa shape index (κ3) is 5.87. The molecule has 0 aliphatic carbocycles. The Morgan fingerprint density at radius 2 is 1.44 bits per heavy atom. The molecule has 0 radical (unpaired) electrons. The van der Waals surface area contributed by atoms with Crippen molar-refractivity contribution in [3.05, 3.63) is 95.6 Å². The summed E-state index contributed by atoms with van der Waals surface area (Å²) >= 11 is 0. The first kappa shape index (κ1) is 22.7. The van der Waals surface area contributed by atoms with Crippen molar-refractivity contribution in [2.45, 2.75) is 38.6 Å². The van der Waals surface area contributed by atoms with Gasteiger partial charge in [-0.05, 0) is 98.6 Å². The number of hydrogen-bond acceptors (Lipinski definition) is 3. The summed E-state index contributed by atoms with van der Waals surface area (Å²) in [6.07, 6.45) is 6.24. The Bertz CT molecular complexity index is 1050. The molecule has 2 fully saturated rings. The molecule has 2 heterocycles. The van der Waals surface area contributed by atoms with Crippen LogP contribution in [0.4, 0.5) is 11.4 Å². The van der Waals surface area contributed by atoms with Gasteiger partial charge in [0.1, 0.15) is 0 Å². The van der Waals surface area contributed by atoms with Crippen molar-refractivity contribution < 1.29 is 4.79 Å². The largest absolute Gasteiger partial charge is 0.372 e. The van der Waals surface area contributed by atoms with E-state index in [9.17, 15) is 4.79 Å². The molecule has 0 atom stereocenters. The molecule has 3 aromatic carbocycles. The predicted molar refractivity (Wildman–Crippen MR) is 140 cm³/mol. The van der Waals surface area contributed by atoms with Crippen LogP contribution in [-0.4, -0.2) is 37.0 Å². The molecule has 0 spiro atoms. The molecule has 0 aromatic heterocycles. The number of piperidine rings is 1. The van der Waals surface area contributed by atoms with Crippen molar-refractivity contribution >= 4 is 17.3 Å². The fourth-order valence-corrected chi connectivity index (χ4v) is 5.25. The Morgan fingerprint density at radius 3 is 2.12 bits per heavy atom. The van der Waals surface area contributed by atoms with Gasteiger partial charge in [0.2, 0.25) is 0 Å². The molecule has 1 N–H and O–H groups in total. The Morgan fingerprint density at radius 1 is 0.765 bits per heavy atom. The number of carbonyl (C=O) groups is 1. The molecular formula is C30H35N3O. The first-order valence-electron chi connectivity index (χ1n) is 12.7. The number of anilines is 2.